The lowest BCUT2D eigenvalue weighted by Crippen LogP contribution is -2.28. The van der Waals surface area contributed by atoms with E-state index in [0.29, 0.717) is 0 Å². The van der Waals surface area contributed by atoms with Gasteiger partial charge in [-0.2, -0.15) is 0 Å². The molecule has 3 heteroatoms. The summed E-state index contributed by atoms with van der Waals surface area (Å²) in [6.45, 7) is 0. The Kier molecular flexibility index (Phi) is 7.94. The fourth-order valence-electron chi connectivity index (χ4n) is 9.16. The quantitative estimate of drug-likeness (QED) is 0.162. The Morgan fingerprint density at radius 3 is 1.79 bits per heavy atom. The molecule has 268 valence electrons. The second-order valence-corrected chi connectivity index (χ2v) is 15.8. The number of aromatic nitrogens is 1. The molecule has 2 nitrogen and oxygen atoms in total. The fraction of sp³-hybridized carbons (Fsp3) is 0.0185. The average molecular weight is 745 g/mol. The highest BCUT2D eigenvalue weighted by Gasteiger charge is 2.46. The van der Waals surface area contributed by atoms with Crippen molar-refractivity contribution in [3.8, 4) is 33.4 Å². The number of pyridine rings is 1. The molecular formula is C54H36N2S. The van der Waals surface area contributed by atoms with Crippen molar-refractivity contribution in [2.75, 3.05) is 4.90 Å². The lowest BCUT2D eigenvalue weighted by molar-refractivity contribution is 0.768. The van der Waals surface area contributed by atoms with Crippen LogP contribution in [0.15, 0.2) is 219 Å². The molecule has 0 radical (unpaired) electrons. The van der Waals surface area contributed by atoms with Crippen LogP contribution in [0.5, 0.6) is 0 Å². The standard InChI is InChI=1S/C54H36N2S/c1-2-16-40(17-3-1)54(50-26-7-4-21-46(50)47-22-5-8-27-51(47)54)41-18-11-20-44(35-41)56(43-19-10-14-38(34-43)39-15-13-33-55-36-39)42-31-29-37(30-32-42)45-24-12-25-49-48-23-6-9-28-52(48)57-53(45)49/h1-36H. The first-order valence-electron chi connectivity index (χ1n) is 19.4. The lowest BCUT2D eigenvalue weighted by atomic mass is 9.67. The van der Waals surface area contributed by atoms with E-state index >= 15 is 0 Å². The van der Waals surface area contributed by atoms with Crippen molar-refractivity contribution in [2.45, 2.75) is 5.41 Å². The maximum Gasteiger partial charge on any atom is 0.0714 e. The Morgan fingerprint density at radius 2 is 1.02 bits per heavy atom. The Labute approximate surface area is 336 Å². The summed E-state index contributed by atoms with van der Waals surface area (Å²) in [6.07, 6.45) is 3.76. The predicted octanol–water partition coefficient (Wildman–Crippen LogP) is 14.6. The topological polar surface area (TPSA) is 16.1 Å². The molecule has 0 saturated heterocycles. The van der Waals surface area contributed by atoms with Crippen LogP contribution in [0.3, 0.4) is 0 Å². The summed E-state index contributed by atoms with van der Waals surface area (Å²) in [6, 6.07) is 75.6. The third-order valence-electron chi connectivity index (χ3n) is 11.6. The molecule has 1 aliphatic carbocycles. The fourth-order valence-corrected chi connectivity index (χ4v) is 10.4. The van der Waals surface area contributed by atoms with E-state index in [-0.39, 0.29) is 0 Å². The van der Waals surface area contributed by atoms with Crippen LogP contribution in [0.4, 0.5) is 17.1 Å². The largest absolute Gasteiger partial charge is 0.310 e. The van der Waals surface area contributed by atoms with Crippen LogP contribution >= 0.6 is 11.3 Å². The summed E-state index contributed by atoms with van der Waals surface area (Å²) in [5.41, 5.74) is 15.1. The van der Waals surface area contributed by atoms with E-state index in [1.165, 1.54) is 64.7 Å². The predicted molar refractivity (Wildman–Crippen MR) is 240 cm³/mol. The number of fused-ring (bicyclic) bond motifs is 6. The smallest absolute Gasteiger partial charge is 0.0714 e. The zero-order valence-electron chi connectivity index (χ0n) is 31.1. The minimum Gasteiger partial charge on any atom is -0.310 e. The molecule has 0 atom stereocenters. The van der Waals surface area contributed by atoms with Gasteiger partial charge in [0.25, 0.3) is 0 Å². The number of nitrogens with zero attached hydrogens (tertiary/aromatic N) is 2. The highest BCUT2D eigenvalue weighted by atomic mass is 32.1. The van der Waals surface area contributed by atoms with Gasteiger partial charge in [-0.25, -0.2) is 0 Å². The molecule has 1 aliphatic rings. The van der Waals surface area contributed by atoms with E-state index in [2.05, 4.69) is 210 Å². The summed E-state index contributed by atoms with van der Waals surface area (Å²) in [5.74, 6) is 0. The first kappa shape index (κ1) is 33.3. The molecule has 0 spiro atoms. The molecule has 0 saturated carbocycles. The van der Waals surface area contributed by atoms with Crippen molar-refractivity contribution in [3.63, 3.8) is 0 Å². The summed E-state index contributed by atoms with van der Waals surface area (Å²) in [5, 5.41) is 2.63. The number of rotatable bonds is 7. The Bertz CT molecular complexity index is 3030. The van der Waals surface area contributed by atoms with Crippen LogP contribution in [-0.2, 0) is 5.41 Å². The second-order valence-electron chi connectivity index (χ2n) is 14.7. The van der Waals surface area contributed by atoms with E-state index in [4.69, 9.17) is 0 Å². The highest BCUT2D eigenvalue weighted by Crippen LogP contribution is 2.56. The van der Waals surface area contributed by atoms with Crippen LogP contribution in [-0.4, -0.2) is 4.98 Å². The summed E-state index contributed by atoms with van der Waals surface area (Å²) < 4.78 is 2.64. The monoisotopic (exact) mass is 744 g/mol. The SMILES string of the molecule is c1ccc(C2(c3cccc(N(c4ccc(-c5cccc6c5sc5ccccc56)cc4)c4cccc(-c5cccnc5)c4)c3)c3ccccc3-c3ccccc32)cc1. The Balaban J connectivity index is 1.10. The van der Waals surface area contributed by atoms with Gasteiger partial charge >= 0.3 is 0 Å². The zero-order valence-corrected chi connectivity index (χ0v) is 31.9. The van der Waals surface area contributed by atoms with Gasteiger partial charge in [0.1, 0.15) is 0 Å². The van der Waals surface area contributed by atoms with Crippen LogP contribution in [0.1, 0.15) is 22.3 Å². The van der Waals surface area contributed by atoms with Gasteiger partial charge in [-0.05, 0) is 98.6 Å². The molecule has 0 unspecified atom stereocenters. The second kappa shape index (κ2) is 13.6. The first-order valence-corrected chi connectivity index (χ1v) is 20.3. The van der Waals surface area contributed by atoms with Crippen molar-refractivity contribution in [1.29, 1.82) is 0 Å². The molecule has 0 aliphatic heterocycles. The van der Waals surface area contributed by atoms with Crippen LogP contribution in [0.2, 0.25) is 0 Å². The molecule has 0 bridgehead atoms. The number of anilines is 3. The molecule has 57 heavy (non-hydrogen) atoms. The lowest BCUT2D eigenvalue weighted by Gasteiger charge is -2.35. The first-order chi connectivity index (χ1) is 28.3. The molecule has 2 aromatic heterocycles. The van der Waals surface area contributed by atoms with Gasteiger partial charge in [-0.3, -0.25) is 4.98 Å². The highest BCUT2D eigenvalue weighted by molar-refractivity contribution is 7.26. The number of hydrogen-bond donors (Lipinski definition) is 0. The van der Waals surface area contributed by atoms with Crippen molar-refractivity contribution in [2.24, 2.45) is 0 Å². The number of thiophene rings is 1. The maximum absolute atomic E-state index is 4.44. The normalized spacial score (nSPS) is 12.7. The summed E-state index contributed by atoms with van der Waals surface area (Å²) in [7, 11) is 0. The molecule has 8 aromatic carbocycles. The van der Waals surface area contributed by atoms with Crippen molar-refractivity contribution in [1.82, 2.24) is 4.98 Å². The van der Waals surface area contributed by atoms with Gasteiger partial charge in [0.2, 0.25) is 0 Å². The van der Waals surface area contributed by atoms with Gasteiger partial charge in [0, 0.05) is 55.2 Å². The molecule has 11 rings (SSSR count). The molecule has 10 aromatic rings. The summed E-state index contributed by atoms with van der Waals surface area (Å²) in [4.78, 5) is 6.84. The minimum absolute atomic E-state index is 0.500. The van der Waals surface area contributed by atoms with Crippen LogP contribution in [0.25, 0.3) is 53.6 Å². The maximum atomic E-state index is 4.44. The van der Waals surface area contributed by atoms with E-state index in [1.54, 1.807) is 0 Å². The number of hydrogen-bond acceptors (Lipinski definition) is 3. The van der Waals surface area contributed by atoms with E-state index in [9.17, 15) is 0 Å². The van der Waals surface area contributed by atoms with Crippen LogP contribution in [0, 0.1) is 0 Å². The van der Waals surface area contributed by atoms with E-state index in [1.807, 2.05) is 29.8 Å². The van der Waals surface area contributed by atoms with Gasteiger partial charge in [-0.1, -0.05) is 158 Å². The molecule has 0 N–H and O–H groups in total. The average Bonchev–Trinajstić information content (AvgIpc) is 3.82. The van der Waals surface area contributed by atoms with Crippen molar-refractivity contribution >= 4 is 48.6 Å². The molecule has 2 heterocycles. The van der Waals surface area contributed by atoms with Gasteiger partial charge in [0.15, 0.2) is 0 Å². The molecule has 0 fully saturated rings. The van der Waals surface area contributed by atoms with Gasteiger partial charge in [0.05, 0.1) is 5.41 Å². The van der Waals surface area contributed by atoms with Gasteiger partial charge in [-0.15, -0.1) is 11.3 Å². The zero-order chi connectivity index (χ0) is 37.8. The van der Waals surface area contributed by atoms with Crippen LogP contribution < -0.4 is 4.90 Å². The Hall–Kier alpha value is -7.07. The summed E-state index contributed by atoms with van der Waals surface area (Å²) >= 11 is 1.87. The third kappa shape index (κ3) is 5.35. The van der Waals surface area contributed by atoms with E-state index in [0.717, 1.165) is 28.2 Å². The molecular weight excluding hydrogens is 709 g/mol. The van der Waals surface area contributed by atoms with Crippen molar-refractivity contribution < 1.29 is 0 Å². The van der Waals surface area contributed by atoms with Gasteiger partial charge < -0.3 is 4.90 Å². The number of benzene rings is 8. The van der Waals surface area contributed by atoms with Crippen molar-refractivity contribution in [3.05, 3.63) is 241 Å². The van der Waals surface area contributed by atoms with E-state index < -0.39 is 5.41 Å². The Morgan fingerprint density at radius 1 is 0.404 bits per heavy atom. The minimum atomic E-state index is -0.500. The molecule has 0 amide bonds. The third-order valence-corrected chi connectivity index (χ3v) is 12.9.